The number of aromatic hydroxyl groups is 1. The van der Waals surface area contributed by atoms with E-state index in [1.54, 1.807) is 12.1 Å². The molecule has 0 fully saturated rings. The lowest BCUT2D eigenvalue weighted by Gasteiger charge is -2.07. The summed E-state index contributed by atoms with van der Waals surface area (Å²) in [5.41, 5.74) is 27.0. The molecule has 4 atom stereocenters. The molecule has 45 heavy (non-hydrogen) atoms. The molecule has 0 spiro atoms. The van der Waals surface area contributed by atoms with Gasteiger partial charge in [-0.15, -0.1) is 0 Å². The molecule has 2 rings (SSSR count). The second-order valence-electron chi connectivity index (χ2n) is 9.75. The summed E-state index contributed by atoms with van der Waals surface area (Å²) in [5, 5.41) is 49.8. The molecule has 16 N–H and O–H groups in total. The average molecular weight is 642 g/mol. The molecule has 0 saturated heterocycles. The Morgan fingerprint density at radius 3 is 1.18 bits per heavy atom. The fourth-order valence-corrected chi connectivity index (χ4v) is 2.54. The van der Waals surface area contributed by atoms with Crippen LogP contribution in [0.4, 0.5) is 0 Å². The fraction of sp³-hybridized carbons (Fsp3) is 0.414. The van der Waals surface area contributed by atoms with Crippen molar-refractivity contribution in [1.29, 1.82) is 0 Å². The lowest BCUT2D eigenvalue weighted by Crippen LogP contribution is -2.32. The zero-order valence-corrected chi connectivity index (χ0v) is 25.5. The molecule has 0 heterocycles. The van der Waals surface area contributed by atoms with Crippen molar-refractivity contribution in [3.63, 3.8) is 0 Å². The average Bonchev–Trinajstić information content (AvgIpc) is 2.95. The van der Waals surface area contributed by atoms with Crippen molar-refractivity contribution in [3.05, 3.63) is 65.7 Å². The topological polar surface area (TPSA) is 337 Å². The van der Waals surface area contributed by atoms with E-state index in [1.165, 1.54) is 19.1 Å². The third kappa shape index (κ3) is 29.2. The number of aliphatic carboxylic acids is 5. The second kappa shape index (κ2) is 25.8. The van der Waals surface area contributed by atoms with Gasteiger partial charge in [-0.25, -0.2) is 0 Å². The highest BCUT2D eigenvalue weighted by atomic mass is 16.4. The van der Waals surface area contributed by atoms with Crippen molar-refractivity contribution < 1.29 is 54.6 Å². The number of rotatable bonds is 11. The first-order valence-corrected chi connectivity index (χ1v) is 13.4. The number of nitrogens with two attached hydrogens (primary N) is 5. The van der Waals surface area contributed by atoms with Gasteiger partial charge >= 0.3 is 29.8 Å². The van der Waals surface area contributed by atoms with E-state index in [0.29, 0.717) is 18.8 Å². The standard InChI is InChI=1S/C9H11NO3.C9H11NO2.C6H13NO2.C3H7NO2.C2H5NO2/c10-8(9(12)13)5-6-1-3-7(11)4-2-6;10-8(9(11)12)6-7-4-2-1-3-5-7;1-4(2)3-5(7)6(8)9;1-2(4)3(5)6;3-1-2(4)5/h1-4,8,11H,5,10H2,(H,12,13);1-5,8H,6,10H2,(H,11,12);4-5H,3,7H2,1-2H3,(H,8,9);2H,4H2,1H3,(H,5,6);1,3H2,(H,4,5). The van der Waals surface area contributed by atoms with Gasteiger partial charge in [0.2, 0.25) is 0 Å². The number of carbonyl (C=O) groups is 5. The van der Waals surface area contributed by atoms with Gasteiger partial charge in [-0.3, -0.25) is 24.0 Å². The Kier molecular flexibility index (Phi) is 25.7. The van der Waals surface area contributed by atoms with Gasteiger partial charge in [0.05, 0.1) is 6.54 Å². The Morgan fingerprint density at radius 2 is 0.933 bits per heavy atom. The van der Waals surface area contributed by atoms with Gasteiger partial charge in [0.25, 0.3) is 0 Å². The van der Waals surface area contributed by atoms with Crippen molar-refractivity contribution >= 4 is 29.8 Å². The maximum absolute atomic E-state index is 10.4. The van der Waals surface area contributed by atoms with Crippen molar-refractivity contribution in [1.82, 2.24) is 0 Å². The summed E-state index contributed by atoms with van der Waals surface area (Å²) in [6.45, 7) is 5.04. The monoisotopic (exact) mass is 641 g/mol. The quantitative estimate of drug-likeness (QED) is 0.152. The van der Waals surface area contributed by atoms with Gasteiger partial charge in [0, 0.05) is 0 Å². The molecule has 0 aliphatic carbocycles. The molecular formula is C29H47N5O11. The smallest absolute Gasteiger partial charge is 0.320 e. The van der Waals surface area contributed by atoms with Crippen LogP contribution in [0.3, 0.4) is 0 Å². The molecule has 0 bridgehead atoms. The van der Waals surface area contributed by atoms with Gasteiger partial charge in [-0.2, -0.15) is 0 Å². The lowest BCUT2D eigenvalue weighted by molar-refractivity contribution is -0.139. The van der Waals surface area contributed by atoms with E-state index in [-0.39, 0.29) is 18.7 Å². The van der Waals surface area contributed by atoms with Gasteiger partial charge in [0.15, 0.2) is 0 Å². The van der Waals surface area contributed by atoms with E-state index in [0.717, 1.165) is 11.1 Å². The third-order valence-corrected chi connectivity index (χ3v) is 4.93. The van der Waals surface area contributed by atoms with Crippen LogP contribution in [0.5, 0.6) is 5.75 Å². The van der Waals surface area contributed by atoms with E-state index in [4.69, 9.17) is 53.6 Å². The highest BCUT2D eigenvalue weighted by Gasteiger charge is 2.13. The molecule has 16 heteroatoms. The van der Waals surface area contributed by atoms with E-state index < -0.39 is 54.0 Å². The molecule has 2 aromatic rings. The zero-order chi connectivity index (χ0) is 35.7. The molecular weight excluding hydrogens is 594 g/mol. The summed E-state index contributed by atoms with van der Waals surface area (Å²) < 4.78 is 0. The second-order valence-corrected chi connectivity index (χ2v) is 9.75. The summed E-state index contributed by atoms with van der Waals surface area (Å²) >= 11 is 0. The lowest BCUT2D eigenvalue weighted by atomic mass is 10.1. The zero-order valence-electron chi connectivity index (χ0n) is 25.5. The minimum absolute atomic E-state index is 0.160. The van der Waals surface area contributed by atoms with Crippen molar-refractivity contribution in [2.24, 2.45) is 34.6 Å². The molecule has 16 nitrogen and oxygen atoms in total. The Bertz CT molecular complexity index is 1130. The van der Waals surface area contributed by atoms with Crippen molar-refractivity contribution in [2.45, 2.75) is 64.2 Å². The first-order valence-electron chi connectivity index (χ1n) is 13.4. The van der Waals surface area contributed by atoms with Crippen LogP contribution in [0, 0.1) is 5.92 Å². The molecule has 0 amide bonds. The van der Waals surface area contributed by atoms with Crippen LogP contribution in [0.2, 0.25) is 0 Å². The number of phenolic OH excluding ortho intramolecular Hbond substituents is 1. The Hall–Kier alpha value is -4.61. The van der Waals surface area contributed by atoms with E-state index in [9.17, 15) is 24.0 Å². The number of hydrogen-bond acceptors (Lipinski definition) is 11. The molecule has 0 saturated carbocycles. The highest BCUT2D eigenvalue weighted by Crippen LogP contribution is 2.10. The minimum Gasteiger partial charge on any atom is -0.508 e. The molecule has 4 unspecified atom stereocenters. The molecule has 0 aromatic heterocycles. The normalized spacial score (nSPS) is 12.3. The molecule has 254 valence electrons. The van der Waals surface area contributed by atoms with Crippen LogP contribution in [0.15, 0.2) is 54.6 Å². The first-order chi connectivity index (χ1) is 20.7. The van der Waals surface area contributed by atoms with Crippen LogP contribution in [-0.4, -0.2) is 91.2 Å². The number of hydrogen-bond donors (Lipinski definition) is 11. The molecule has 0 aliphatic rings. The Labute approximate surface area is 261 Å². The summed E-state index contributed by atoms with van der Waals surface area (Å²) in [5.74, 6) is -4.31. The van der Waals surface area contributed by atoms with Crippen LogP contribution in [0.1, 0.15) is 38.3 Å². The SMILES string of the molecule is CC(C)CC(N)C(=O)O.CC(N)C(=O)O.NC(Cc1ccc(O)cc1)C(=O)O.NC(Cc1ccccc1)C(=O)O.NCC(=O)O. The molecule has 0 radical (unpaired) electrons. The van der Waals surface area contributed by atoms with Gasteiger partial charge in [-0.05, 0) is 55.4 Å². The van der Waals surface area contributed by atoms with Gasteiger partial charge in [0.1, 0.15) is 29.9 Å². The fourth-order valence-electron chi connectivity index (χ4n) is 2.54. The predicted octanol–water partition coefficient (Wildman–Crippen LogP) is -0.120. The van der Waals surface area contributed by atoms with Crippen LogP contribution in [-0.2, 0) is 36.8 Å². The predicted molar refractivity (Wildman–Crippen MR) is 166 cm³/mol. The maximum atomic E-state index is 10.4. The van der Waals surface area contributed by atoms with E-state index >= 15 is 0 Å². The van der Waals surface area contributed by atoms with Crippen molar-refractivity contribution in [2.75, 3.05) is 6.54 Å². The summed E-state index contributed by atoms with van der Waals surface area (Å²) in [7, 11) is 0. The number of carboxylic acid groups (broad SMARTS) is 5. The number of phenols is 1. The van der Waals surface area contributed by atoms with Crippen molar-refractivity contribution in [3.8, 4) is 5.75 Å². The van der Waals surface area contributed by atoms with E-state index in [1.807, 2.05) is 44.2 Å². The largest absolute Gasteiger partial charge is 0.508 e. The van der Waals surface area contributed by atoms with Crippen LogP contribution >= 0.6 is 0 Å². The third-order valence-electron chi connectivity index (χ3n) is 4.93. The summed E-state index contributed by atoms with van der Waals surface area (Å²) in [6.07, 6.45) is 1.21. The van der Waals surface area contributed by atoms with Gasteiger partial charge in [-0.1, -0.05) is 56.3 Å². The maximum Gasteiger partial charge on any atom is 0.320 e. The van der Waals surface area contributed by atoms with Crippen LogP contribution < -0.4 is 28.7 Å². The Balaban J connectivity index is -0.000000513. The van der Waals surface area contributed by atoms with E-state index in [2.05, 4.69) is 5.73 Å². The van der Waals surface area contributed by atoms with Crippen LogP contribution in [0.25, 0.3) is 0 Å². The number of carboxylic acids is 5. The summed E-state index contributed by atoms with van der Waals surface area (Å²) in [4.78, 5) is 49.7. The molecule has 2 aromatic carbocycles. The highest BCUT2D eigenvalue weighted by molar-refractivity contribution is 5.74. The Morgan fingerprint density at radius 1 is 0.600 bits per heavy atom. The number of benzene rings is 2. The van der Waals surface area contributed by atoms with Gasteiger partial charge < -0.3 is 59.3 Å². The first kappa shape index (κ1) is 44.8. The molecule has 0 aliphatic heterocycles. The summed E-state index contributed by atoms with van der Waals surface area (Å²) in [6, 6.07) is 12.5. The minimum atomic E-state index is -1.02.